The van der Waals surface area contributed by atoms with Crippen molar-refractivity contribution in [3.8, 4) is 11.5 Å². The zero-order valence-electron chi connectivity index (χ0n) is 18.4. The van der Waals surface area contributed by atoms with Gasteiger partial charge in [0.25, 0.3) is 0 Å². The molecule has 0 fully saturated rings. The lowest BCUT2D eigenvalue weighted by atomic mass is 9.99. The van der Waals surface area contributed by atoms with Crippen molar-refractivity contribution in [3.05, 3.63) is 41.3 Å². The van der Waals surface area contributed by atoms with Crippen LogP contribution in [0.2, 0.25) is 0 Å². The average Bonchev–Trinajstić information content (AvgIpc) is 3.21. The van der Waals surface area contributed by atoms with Gasteiger partial charge in [0.1, 0.15) is 18.0 Å². The molecule has 2 aromatic rings. The molecule has 1 atom stereocenters. The Bertz CT molecular complexity index is 784. The molecule has 7 nitrogen and oxygen atoms in total. The van der Waals surface area contributed by atoms with Gasteiger partial charge in [0.05, 0.1) is 26.0 Å². The first kappa shape index (κ1) is 22.6. The van der Waals surface area contributed by atoms with Crippen molar-refractivity contribution in [2.24, 2.45) is 4.99 Å². The highest BCUT2D eigenvalue weighted by molar-refractivity contribution is 5.80. The van der Waals surface area contributed by atoms with Crippen molar-refractivity contribution in [2.45, 2.75) is 59.0 Å². The number of hydrogen-bond acceptors (Lipinski definition) is 5. The fourth-order valence-corrected chi connectivity index (χ4v) is 3.24. The molecule has 0 aliphatic heterocycles. The Labute approximate surface area is 173 Å². The fraction of sp³-hybridized carbons (Fsp3) is 0.545. The molecule has 1 unspecified atom stereocenters. The molecule has 2 rings (SSSR count). The zero-order valence-corrected chi connectivity index (χ0v) is 18.4. The van der Waals surface area contributed by atoms with E-state index >= 15 is 0 Å². The molecule has 0 spiro atoms. The minimum Gasteiger partial charge on any atom is -0.497 e. The van der Waals surface area contributed by atoms with E-state index in [1.165, 1.54) is 0 Å². The molecule has 0 bridgehead atoms. The molecule has 1 aromatic carbocycles. The third-order valence-electron chi connectivity index (χ3n) is 4.97. The van der Waals surface area contributed by atoms with Crippen molar-refractivity contribution >= 4 is 5.96 Å². The van der Waals surface area contributed by atoms with E-state index in [0.29, 0.717) is 18.4 Å². The van der Waals surface area contributed by atoms with Crippen LogP contribution in [0.15, 0.2) is 33.8 Å². The lowest BCUT2D eigenvalue weighted by Gasteiger charge is -2.20. The fourth-order valence-electron chi connectivity index (χ4n) is 3.24. The molecule has 0 amide bonds. The molecule has 0 aliphatic rings. The summed E-state index contributed by atoms with van der Waals surface area (Å²) in [4.78, 5) is 4.66. The first-order valence-electron chi connectivity index (χ1n) is 10.3. The van der Waals surface area contributed by atoms with Crippen LogP contribution in [0.1, 0.15) is 69.5 Å². The Kier molecular flexibility index (Phi) is 8.83. The van der Waals surface area contributed by atoms with Crippen LogP contribution in [0.25, 0.3) is 0 Å². The maximum atomic E-state index is 5.50. The number of nitrogens with zero attached hydrogens (tertiary/aromatic N) is 2. The number of guanidine groups is 1. The predicted molar refractivity (Wildman–Crippen MR) is 116 cm³/mol. The van der Waals surface area contributed by atoms with Crippen molar-refractivity contribution in [2.75, 3.05) is 20.8 Å². The molecule has 160 valence electrons. The molecule has 0 saturated carbocycles. The van der Waals surface area contributed by atoms with Gasteiger partial charge in [-0.3, -0.25) is 0 Å². The second-order valence-electron chi connectivity index (χ2n) is 6.90. The molecule has 0 aliphatic carbocycles. The van der Waals surface area contributed by atoms with Crippen LogP contribution in [0.3, 0.4) is 0 Å². The average molecular weight is 403 g/mol. The first-order chi connectivity index (χ1) is 14.1. The Morgan fingerprint density at radius 3 is 2.52 bits per heavy atom. The number of methoxy groups -OCH3 is 2. The molecular weight excluding hydrogens is 368 g/mol. The zero-order chi connectivity index (χ0) is 21.2. The summed E-state index contributed by atoms with van der Waals surface area (Å²) < 4.78 is 16.3. The summed E-state index contributed by atoms with van der Waals surface area (Å²) in [6, 6.07) is 7.74. The van der Waals surface area contributed by atoms with E-state index in [2.05, 4.69) is 41.6 Å². The number of nitrogens with one attached hydrogen (secondary N) is 2. The number of rotatable bonds is 10. The second kappa shape index (κ2) is 11.3. The summed E-state index contributed by atoms with van der Waals surface area (Å²) in [6.45, 7) is 9.61. The molecule has 2 N–H and O–H groups in total. The molecule has 1 aromatic heterocycles. The minimum atomic E-state index is -0.0345. The Balaban J connectivity index is 2.13. The summed E-state index contributed by atoms with van der Waals surface area (Å²) in [5.74, 6) is 3.48. The van der Waals surface area contributed by atoms with E-state index < -0.39 is 0 Å². The Hall–Kier alpha value is -2.70. The highest BCUT2D eigenvalue weighted by Crippen LogP contribution is 2.29. The number of hydrogen-bond donors (Lipinski definition) is 2. The monoisotopic (exact) mass is 402 g/mol. The topological polar surface area (TPSA) is 80.9 Å². The molecule has 0 saturated heterocycles. The van der Waals surface area contributed by atoms with E-state index in [1.54, 1.807) is 14.2 Å². The SMILES string of the molecule is CCNC(=NCc1cc(C(CC)CC)no1)NC(C)c1cc(OC)ccc1OC. The van der Waals surface area contributed by atoms with E-state index in [9.17, 15) is 0 Å². The van der Waals surface area contributed by atoms with E-state index in [4.69, 9.17) is 14.0 Å². The third-order valence-corrected chi connectivity index (χ3v) is 4.97. The van der Waals surface area contributed by atoms with Gasteiger partial charge in [0, 0.05) is 24.1 Å². The molecule has 1 heterocycles. The van der Waals surface area contributed by atoms with Crippen LogP contribution in [-0.2, 0) is 6.54 Å². The minimum absolute atomic E-state index is 0.0345. The standard InChI is InChI=1S/C22H34N4O3/c1-7-16(8-2)20-13-18(29-26-20)14-24-22(23-9-3)25-15(4)19-12-17(27-5)10-11-21(19)28-6/h10-13,15-16H,7-9,14H2,1-6H3,(H2,23,24,25). The molecule has 0 radical (unpaired) electrons. The van der Waals surface area contributed by atoms with Gasteiger partial charge in [0.2, 0.25) is 0 Å². The van der Waals surface area contributed by atoms with Gasteiger partial charge in [-0.15, -0.1) is 0 Å². The smallest absolute Gasteiger partial charge is 0.192 e. The molecular formula is C22H34N4O3. The van der Waals surface area contributed by atoms with Gasteiger partial charge in [-0.1, -0.05) is 19.0 Å². The van der Waals surface area contributed by atoms with Gasteiger partial charge in [-0.25, -0.2) is 4.99 Å². The highest BCUT2D eigenvalue weighted by Gasteiger charge is 2.15. The Morgan fingerprint density at radius 2 is 1.90 bits per heavy atom. The van der Waals surface area contributed by atoms with Gasteiger partial charge in [-0.05, 0) is 44.9 Å². The molecule has 29 heavy (non-hydrogen) atoms. The quantitative estimate of drug-likeness (QED) is 0.452. The van der Waals surface area contributed by atoms with Crippen LogP contribution in [0.4, 0.5) is 0 Å². The third kappa shape index (κ3) is 6.14. The summed E-state index contributed by atoms with van der Waals surface area (Å²) in [6.07, 6.45) is 2.10. The van der Waals surface area contributed by atoms with Crippen LogP contribution in [0.5, 0.6) is 11.5 Å². The van der Waals surface area contributed by atoms with Gasteiger partial charge in [0.15, 0.2) is 11.7 Å². The number of aromatic nitrogens is 1. The van der Waals surface area contributed by atoms with Gasteiger partial charge >= 0.3 is 0 Å². The van der Waals surface area contributed by atoms with Crippen molar-refractivity contribution in [1.82, 2.24) is 15.8 Å². The first-order valence-corrected chi connectivity index (χ1v) is 10.3. The maximum Gasteiger partial charge on any atom is 0.192 e. The van der Waals surface area contributed by atoms with E-state index in [1.807, 2.05) is 31.2 Å². The predicted octanol–water partition coefficient (Wildman–Crippen LogP) is 4.41. The number of benzene rings is 1. The number of aliphatic imine (C=N–C) groups is 1. The van der Waals surface area contributed by atoms with Crippen molar-refractivity contribution < 1.29 is 14.0 Å². The van der Waals surface area contributed by atoms with Crippen LogP contribution < -0.4 is 20.1 Å². The summed E-state index contributed by atoms with van der Waals surface area (Å²) in [5, 5.41) is 10.9. The summed E-state index contributed by atoms with van der Waals surface area (Å²) >= 11 is 0. The van der Waals surface area contributed by atoms with E-state index in [-0.39, 0.29) is 6.04 Å². The van der Waals surface area contributed by atoms with Gasteiger partial charge in [-0.2, -0.15) is 0 Å². The van der Waals surface area contributed by atoms with Crippen LogP contribution >= 0.6 is 0 Å². The summed E-state index contributed by atoms with van der Waals surface area (Å²) in [5.41, 5.74) is 2.00. The maximum absolute atomic E-state index is 5.50. The lowest BCUT2D eigenvalue weighted by Crippen LogP contribution is -2.38. The van der Waals surface area contributed by atoms with E-state index in [0.717, 1.165) is 47.9 Å². The largest absolute Gasteiger partial charge is 0.497 e. The summed E-state index contributed by atoms with van der Waals surface area (Å²) in [7, 11) is 3.32. The van der Waals surface area contributed by atoms with Crippen LogP contribution in [-0.4, -0.2) is 31.9 Å². The normalized spacial score (nSPS) is 12.7. The number of ether oxygens (including phenoxy) is 2. The Morgan fingerprint density at radius 1 is 1.14 bits per heavy atom. The van der Waals surface area contributed by atoms with Gasteiger partial charge < -0.3 is 24.6 Å². The molecule has 7 heteroatoms. The second-order valence-corrected chi connectivity index (χ2v) is 6.90. The highest BCUT2D eigenvalue weighted by atomic mass is 16.5. The van der Waals surface area contributed by atoms with Crippen LogP contribution in [0, 0.1) is 0 Å². The van der Waals surface area contributed by atoms with Crippen molar-refractivity contribution in [3.63, 3.8) is 0 Å². The lowest BCUT2D eigenvalue weighted by molar-refractivity contribution is 0.372. The van der Waals surface area contributed by atoms with Crippen molar-refractivity contribution in [1.29, 1.82) is 0 Å².